The summed E-state index contributed by atoms with van der Waals surface area (Å²) < 4.78 is 14.6. The SMILES string of the molecule is CCCNC(=O)[C@@H](Cc1ccccc1)N(Cc1ccccc1F)C(=O)Cc1cc(C)cc(C)c1. The number of halogens is 1. The highest BCUT2D eigenvalue weighted by atomic mass is 19.1. The molecule has 0 spiro atoms. The number of amides is 2. The maximum Gasteiger partial charge on any atom is 0.243 e. The lowest BCUT2D eigenvalue weighted by Crippen LogP contribution is -2.51. The molecular weight excluding hydrogens is 427 g/mol. The summed E-state index contributed by atoms with van der Waals surface area (Å²) in [6, 6.07) is 21.3. The normalized spacial score (nSPS) is 11.6. The van der Waals surface area contributed by atoms with E-state index in [0.29, 0.717) is 18.5 Å². The van der Waals surface area contributed by atoms with Gasteiger partial charge in [-0.05, 0) is 37.5 Å². The van der Waals surface area contributed by atoms with Crippen molar-refractivity contribution in [2.45, 2.75) is 52.6 Å². The van der Waals surface area contributed by atoms with Gasteiger partial charge >= 0.3 is 0 Å². The van der Waals surface area contributed by atoms with Crippen LogP contribution in [0, 0.1) is 19.7 Å². The third-order valence-corrected chi connectivity index (χ3v) is 5.76. The summed E-state index contributed by atoms with van der Waals surface area (Å²) >= 11 is 0. The van der Waals surface area contributed by atoms with Crippen molar-refractivity contribution < 1.29 is 14.0 Å². The Labute approximate surface area is 201 Å². The first kappa shape index (κ1) is 25.2. The minimum absolute atomic E-state index is 0.0212. The molecule has 0 aliphatic rings. The summed E-state index contributed by atoms with van der Waals surface area (Å²) in [5.41, 5.74) is 4.36. The van der Waals surface area contributed by atoms with Gasteiger partial charge in [-0.1, -0.05) is 84.8 Å². The Bertz CT molecular complexity index is 1090. The van der Waals surface area contributed by atoms with E-state index in [1.54, 1.807) is 18.2 Å². The van der Waals surface area contributed by atoms with Gasteiger partial charge in [-0.2, -0.15) is 0 Å². The predicted molar refractivity (Wildman–Crippen MR) is 134 cm³/mol. The van der Waals surface area contributed by atoms with Crippen molar-refractivity contribution in [2.24, 2.45) is 0 Å². The molecule has 0 radical (unpaired) electrons. The maximum atomic E-state index is 14.6. The first-order valence-corrected chi connectivity index (χ1v) is 11.8. The van der Waals surface area contributed by atoms with Crippen LogP contribution in [0.15, 0.2) is 72.8 Å². The van der Waals surface area contributed by atoms with Crippen molar-refractivity contribution in [1.82, 2.24) is 10.2 Å². The maximum absolute atomic E-state index is 14.6. The third-order valence-electron chi connectivity index (χ3n) is 5.76. The molecule has 1 N–H and O–H groups in total. The van der Waals surface area contributed by atoms with E-state index in [2.05, 4.69) is 11.4 Å². The predicted octanol–water partition coefficient (Wildman–Crippen LogP) is 5.15. The average molecular weight is 461 g/mol. The highest BCUT2D eigenvalue weighted by Gasteiger charge is 2.30. The van der Waals surface area contributed by atoms with E-state index in [1.807, 2.05) is 63.2 Å². The van der Waals surface area contributed by atoms with Crippen LogP contribution in [0.4, 0.5) is 4.39 Å². The van der Waals surface area contributed by atoms with Gasteiger partial charge in [0.25, 0.3) is 0 Å². The Morgan fingerprint density at radius 3 is 2.21 bits per heavy atom. The van der Waals surface area contributed by atoms with Gasteiger partial charge in [0, 0.05) is 25.1 Å². The van der Waals surface area contributed by atoms with E-state index in [4.69, 9.17) is 0 Å². The first-order chi connectivity index (χ1) is 16.4. The lowest BCUT2D eigenvalue weighted by atomic mass is 10.00. The molecule has 34 heavy (non-hydrogen) atoms. The van der Waals surface area contributed by atoms with E-state index in [0.717, 1.165) is 28.7 Å². The number of nitrogens with one attached hydrogen (secondary N) is 1. The number of aryl methyl sites for hydroxylation is 2. The number of hydrogen-bond donors (Lipinski definition) is 1. The van der Waals surface area contributed by atoms with Gasteiger partial charge < -0.3 is 10.2 Å². The van der Waals surface area contributed by atoms with Gasteiger partial charge in [-0.3, -0.25) is 9.59 Å². The molecule has 178 valence electrons. The highest BCUT2D eigenvalue weighted by molar-refractivity contribution is 5.88. The Kier molecular flexibility index (Phi) is 8.97. The zero-order valence-electron chi connectivity index (χ0n) is 20.2. The molecule has 3 aromatic carbocycles. The Balaban J connectivity index is 1.98. The van der Waals surface area contributed by atoms with Crippen LogP contribution in [0.2, 0.25) is 0 Å². The van der Waals surface area contributed by atoms with Crippen molar-refractivity contribution in [2.75, 3.05) is 6.54 Å². The second-order valence-corrected chi connectivity index (χ2v) is 8.78. The van der Waals surface area contributed by atoms with E-state index < -0.39 is 6.04 Å². The molecule has 0 aromatic heterocycles. The number of benzene rings is 3. The van der Waals surface area contributed by atoms with Gasteiger partial charge in [0.2, 0.25) is 11.8 Å². The molecule has 0 saturated heterocycles. The second-order valence-electron chi connectivity index (χ2n) is 8.78. The topological polar surface area (TPSA) is 49.4 Å². The van der Waals surface area contributed by atoms with Crippen LogP contribution in [-0.4, -0.2) is 29.3 Å². The van der Waals surface area contributed by atoms with Crippen molar-refractivity contribution in [3.63, 3.8) is 0 Å². The number of carbonyl (C=O) groups excluding carboxylic acids is 2. The fourth-order valence-electron chi connectivity index (χ4n) is 4.18. The van der Waals surface area contributed by atoms with Gasteiger partial charge in [0.1, 0.15) is 11.9 Å². The summed E-state index contributed by atoms with van der Waals surface area (Å²) in [6.07, 6.45) is 1.28. The van der Waals surface area contributed by atoms with Crippen molar-refractivity contribution in [1.29, 1.82) is 0 Å². The summed E-state index contributed by atoms with van der Waals surface area (Å²) in [5, 5.41) is 2.94. The summed E-state index contributed by atoms with van der Waals surface area (Å²) in [7, 11) is 0. The Hall–Kier alpha value is -3.47. The molecule has 3 aromatic rings. The number of carbonyl (C=O) groups is 2. The van der Waals surface area contributed by atoms with Crippen LogP contribution in [0.1, 0.15) is 41.2 Å². The zero-order valence-corrected chi connectivity index (χ0v) is 20.2. The molecule has 0 saturated carbocycles. The summed E-state index contributed by atoms with van der Waals surface area (Å²) in [6.45, 7) is 6.51. The molecule has 4 nitrogen and oxygen atoms in total. The van der Waals surface area contributed by atoms with Crippen LogP contribution in [0.25, 0.3) is 0 Å². The average Bonchev–Trinajstić information content (AvgIpc) is 2.80. The lowest BCUT2D eigenvalue weighted by Gasteiger charge is -2.32. The first-order valence-electron chi connectivity index (χ1n) is 11.8. The quantitative estimate of drug-likeness (QED) is 0.455. The minimum atomic E-state index is -0.757. The molecule has 0 aliphatic carbocycles. The molecule has 0 fully saturated rings. The molecule has 0 bridgehead atoms. The molecule has 3 rings (SSSR count). The van der Waals surface area contributed by atoms with Crippen LogP contribution < -0.4 is 5.32 Å². The molecule has 0 unspecified atom stereocenters. The van der Waals surface area contributed by atoms with Crippen molar-refractivity contribution >= 4 is 11.8 Å². The van der Waals surface area contributed by atoms with Crippen LogP contribution in [-0.2, 0) is 29.0 Å². The number of nitrogens with zero attached hydrogens (tertiary/aromatic N) is 1. The fraction of sp³-hybridized carbons (Fsp3) is 0.310. The van der Waals surface area contributed by atoms with Gasteiger partial charge in [-0.25, -0.2) is 4.39 Å². The van der Waals surface area contributed by atoms with Crippen molar-refractivity contribution in [3.8, 4) is 0 Å². The zero-order chi connectivity index (χ0) is 24.5. The highest BCUT2D eigenvalue weighted by Crippen LogP contribution is 2.19. The minimum Gasteiger partial charge on any atom is -0.354 e. The van der Waals surface area contributed by atoms with Gasteiger partial charge in [-0.15, -0.1) is 0 Å². The summed E-state index contributed by atoms with van der Waals surface area (Å²) in [4.78, 5) is 28.5. The van der Waals surface area contributed by atoms with Crippen molar-refractivity contribution in [3.05, 3.63) is 106 Å². The molecule has 2 amide bonds. The molecule has 1 atom stereocenters. The summed E-state index contributed by atoms with van der Waals surface area (Å²) in [5.74, 6) is -0.823. The Morgan fingerprint density at radius 2 is 1.56 bits per heavy atom. The lowest BCUT2D eigenvalue weighted by molar-refractivity contribution is -0.140. The van der Waals surface area contributed by atoms with E-state index in [1.165, 1.54) is 11.0 Å². The van der Waals surface area contributed by atoms with E-state index in [9.17, 15) is 14.0 Å². The standard InChI is InChI=1S/C29H33FN2O2/c1-4-14-31-29(34)27(18-23-10-6-5-7-11-23)32(20-25-12-8-9-13-26(25)30)28(33)19-24-16-21(2)15-22(3)17-24/h5-13,15-17,27H,4,14,18-20H2,1-3H3,(H,31,34)/t27-/m1/s1. The van der Waals surface area contributed by atoms with Gasteiger partial charge in [0.15, 0.2) is 0 Å². The number of rotatable bonds is 10. The van der Waals surface area contributed by atoms with Crippen LogP contribution in [0.3, 0.4) is 0 Å². The second kappa shape index (κ2) is 12.1. The van der Waals surface area contributed by atoms with Gasteiger partial charge in [0.05, 0.1) is 6.42 Å². The van der Waals surface area contributed by atoms with E-state index >= 15 is 0 Å². The molecule has 5 heteroatoms. The number of hydrogen-bond acceptors (Lipinski definition) is 2. The smallest absolute Gasteiger partial charge is 0.243 e. The Morgan fingerprint density at radius 1 is 0.912 bits per heavy atom. The van der Waals surface area contributed by atoms with Crippen LogP contribution >= 0.6 is 0 Å². The molecule has 0 aliphatic heterocycles. The fourth-order valence-corrected chi connectivity index (χ4v) is 4.18. The van der Waals surface area contributed by atoms with E-state index in [-0.39, 0.29) is 30.6 Å². The third kappa shape index (κ3) is 7.01. The van der Waals surface area contributed by atoms with Crippen LogP contribution in [0.5, 0.6) is 0 Å². The molecule has 0 heterocycles. The molecular formula is C29H33FN2O2. The monoisotopic (exact) mass is 460 g/mol. The largest absolute Gasteiger partial charge is 0.354 e.